The number of carboxylic acid groups (broad SMARTS) is 1. The molecule has 180 valence electrons. The number of halogens is 1. The molecule has 1 unspecified atom stereocenters. The van der Waals surface area contributed by atoms with E-state index in [1.807, 2.05) is 53.4 Å². The Morgan fingerprint density at radius 1 is 1.14 bits per heavy atom. The van der Waals surface area contributed by atoms with Gasteiger partial charge in [0.05, 0.1) is 17.5 Å². The summed E-state index contributed by atoms with van der Waals surface area (Å²) in [5, 5.41) is 13.4. The largest absolute Gasteiger partial charge is 0.479 e. The predicted molar refractivity (Wildman–Crippen MR) is 129 cm³/mol. The number of carbonyl (C=O) groups is 2. The summed E-state index contributed by atoms with van der Waals surface area (Å²) in [6.07, 6.45) is 5.65. The molecule has 3 N–H and O–H groups in total. The van der Waals surface area contributed by atoms with Gasteiger partial charge in [-0.25, -0.2) is 14.2 Å². The molecule has 5 rings (SSSR count). The van der Waals surface area contributed by atoms with Gasteiger partial charge in [0.25, 0.3) is 0 Å². The Labute approximate surface area is 201 Å². The second-order valence-electron chi connectivity index (χ2n) is 9.10. The van der Waals surface area contributed by atoms with Gasteiger partial charge in [0, 0.05) is 41.0 Å². The van der Waals surface area contributed by atoms with Gasteiger partial charge in [-0.05, 0) is 50.8 Å². The highest BCUT2D eigenvalue weighted by atomic mass is 19.1. The van der Waals surface area contributed by atoms with Crippen LogP contribution < -0.4 is 5.73 Å². The van der Waals surface area contributed by atoms with Gasteiger partial charge in [-0.2, -0.15) is 9.61 Å². The van der Waals surface area contributed by atoms with Crippen molar-refractivity contribution in [2.75, 3.05) is 5.73 Å². The number of nitrogens with zero attached hydrogens (tertiary/aromatic N) is 4. The monoisotopic (exact) mass is 475 g/mol. The summed E-state index contributed by atoms with van der Waals surface area (Å²) in [6.45, 7) is 1.45. The molecule has 1 aliphatic rings. The zero-order valence-corrected chi connectivity index (χ0v) is 19.3. The van der Waals surface area contributed by atoms with E-state index in [1.54, 1.807) is 6.20 Å². The Bertz CT molecular complexity index is 1400. The number of nitrogens with two attached hydrogens (primary N) is 1. The highest BCUT2D eigenvalue weighted by molar-refractivity contribution is 6.00. The minimum absolute atomic E-state index is 0.116. The first-order chi connectivity index (χ1) is 16.8. The van der Waals surface area contributed by atoms with Gasteiger partial charge < -0.3 is 15.4 Å². The number of nitrogen functional groups attached to an aromatic ring is 1. The molecule has 1 saturated carbocycles. The molecule has 0 spiro atoms. The van der Waals surface area contributed by atoms with Gasteiger partial charge in [-0.3, -0.25) is 4.79 Å². The van der Waals surface area contributed by atoms with Crippen molar-refractivity contribution in [1.82, 2.24) is 19.2 Å². The van der Waals surface area contributed by atoms with Crippen molar-refractivity contribution in [3.05, 3.63) is 66.2 Å². The van der Waals surface area contributed by atoms with E-state index >= 15 is 0 Å². The number of benzene rings is 1. The van der Waals surface area contributed by atoms with Crippen molar-refractivity contribution in [2.45, 2.75) is 44.7 Å². The highest BCUT2D eigenvalue weighted by Gasteiger charge is 2.35. The SMILES string of the molecule is CC(=O)c1c(N)n2ncc(-c3ccn(-c4ccccc4)c3)c2nc1[C@H]1CC[C@@H](C(F)C(=O)O)CC1. The summed E-state index contributed by atoms with van der Waals surface area (Å²) in [4.78, 5) is 28.5. The fraction of sp³-hybridized carbons (Fsp3) is 0.308. The van der Waals surface area contributed by atoms with Crippen molar-refractivity contribution < 1.29 is 19.1 Å². The van der Waals surface area contributed by atoms with E-state index in [1.165, 1.54) is 11.4 Å². The number of aliphatic carboxylic acids is 1. The molecule has 3 aromatic heterocycles. The maximum absolute atomic E-state index is 14.0. The highest BCUT2D eigenvalue weighted by Crippen LogP contribution is 2.40. The number of hydrogen-bond acceptors (Lipinski definition) is 5. The Hall–Kier alpha value is -4.01. The van der Waals surface area contributed by atoms with Crippen LogP contribution in [0.3, 0.4) is 0 Å². The summed E-state index contributed by atoms with van der Waals surface area (Å²) >= 11 is 0. The third-order valence-corrected chi connectivity index (χ3v) is 6.93. The van der Waals surface area contributed by atoms with Crippen LogP contribution in [0.5, 0.6) is 0 Å². The van der Waals surface area contributed by atoms with Crippen LogP contribution in [0.15, 0.2) is 55.0 Å². The fourth-order valence-electron chi connectivity index (χ4n) is 5.10. The zero-order chi connectivity index (χ0) is 24.7. The Morgan fingerprint density at radius 2 is 1.86 bits per heavy atom. The van der Waals surface area contributed by atoms with Gasteiger partial charge in [-0.15, -0.1) is 0 Å². The summed E-state index contributed by atoms with van der Waals surface area (Å²) < 4.78 is 17.5. The number of carboxylic acids is 1. The number of fused-ring (bicyclic) bond motifs is 1. The van der Waals surface area contributed by atoms with Crippen LogP contribution in [0.2, 0.25) is 0 Å². The van der Waals surface area contributed by atoms with E-state index in [0.717, 1.165) is 16.8 Å². The average Bonchev–Trinajstić information content (AvgIpc) is 3.51. The molecule has 9 heteroatoms. The number of hydrogen-bond donors (Lipinski definition) is 2. The number of alkyl halides is 1. The third-order valence-electron chi connectivity index (χ3n) is 6.93. The predicted octanol–water partition coefficient (Wildman–Crippen LogP) is 4.67. The number of anilines is 1. The van der Waals surface area contributed by atoms with Crippen LogP contribution >= 0.6 is 0 Å². The van der Waals surface area contributed by atoms with Crippen molar-refractivity contribution in [3.63, 3.8) is 0 Å². The molecule has 1 fully saturated rings. The molecule has 0 aliphatic heterocycles. The van der Waals surface area contributed by atoms with Crippen LogP contribution in [0.1, 0.15) is 54.6 Å². The lowest BCUT2D eigenvalue weighted by Crippen LogP contribution is -2.29. The molecule has 1 aromatic carbocycles. The molecule has 0 bridgehead atoms. The molecule has 1 atom stereocenters. The number of para-hydroxylation sites is 1. The molecule has 1 aliphatic carbocycles. The lowest BCUT2D eigenvalue weighted by molar-refractivity contribution is -0.145. The molecule has 3 heterocycles. The van der Waals surface area contributed by atoms with Crippen molar-refractivity contribution in [3.8, 4) is 16.8 Å². The summed E-state index contributed by atoms with van der Waals surface area (Å²) in [5.41, 5.74) is 10.6. The van der Waals surface area contributed by atoms with E-state index < -0.39 is 18.1 Å². The second kappa shape index (κ2) is 8.98. The van der Waals surface area contributed by atoms with E-state index in [4.69, 9.17) is 15.8 Å². The number of aromatic nitrogens is 4. The van der Waals surface area contributed by atoms with Gasteiger partial charge >= 0.3 is 5.97 Å². The van der Waals surface area contributed by atoms with Crippen molar-refractivity contribution in [2.24, 2.45) is 5.92 Å². The Kier molecular flexibility index (Phi) is 5.84. The minimum Gasteiger partial charge on any atom is -0.479 e. The van der Waals surface area contributed by atoms with Gasteiger partial charge in [0.2, 0.25) is 0 Å². The lowest BCUT2D eigenvalue weighted by Gasteiger charge is -2.29. The second-order valence-corrected chi connectivity index (χ2v) is 9.10. The maximum atomic E-state index is 14.0. The van der Waals surface area contributed by atoms with Gasteiger partial charge in [-0.1, -0.05) is 18.2 Å². The van der Waals surface area contributed by atoms with Crippen molar-refractivity contribution >= 4 is 23.2 Å². The standard InChI is InChI=1S/C26H26FN5O3/c1-15(33)21-23(17-9-7-16(8-10-17)22(27)26(34)35)30-25-20(13-29-32(25)24(21)28)18-11-12-31(14-18)19-5-3-2-4-6-19/h2-6,11-14,16-17,22H,7-10,28H2,1H3,(H,34,35)/t16-,17+,22?. The van der Waals surface area contributed by atoms with E-state index in [2.05, 4.69) is 5.10 Å². The molecule has 8 nitrogen and oxygen atoms in total. The Balaban J connectivity index is 1.54. The average molecular weight is 476 g/mol. The first-order valence-corrected chi connectivity index (χ1v) is 11.6. The molecule has 0 amide bonds. The first-order valence-electron chi connectivity index (χ1n) is 11.6. The number of carbonyl (C=O) groups excluding carboxylic acids is 1. The topological polar surface area (TPSA) is 116 Å². The quantitative estimate of drug-likeness (QED) is 0.392. The summed E-state index contributed by atoms with van der Waals surface area (Å²) in [7, 11) is 0. The normalized spacial score (nSPS) is 19.0. The molecule has 4 aromatic rings. The van der Waals surface area contributed by atoms with Crippen LogP contribution in [0.4, 0.5) is 10.2 Å². The van der Waals surface area contributed by atoms with Gasteiger partial charge in [0.15, 0.2) is 17.6 Å². The summed E-state index contributed by atoms with van der Waals surface area (Å²) in [6, 6.07) is 11.9. The smallest absolute Gasteiger partial charge is 0.338 e. The third kappa shape index (κ3) is 4.07. The van der Waals surface area contributed by atoms with Crippen LogP contribution in [0, 0.1) is 5.92 Å². The van der Waals surface area contributed by atoms with E-state index in [0.29, 0.717) is 42.6 Å². The van der Waals surface area contributed by atoms with Crippen LogP contribution in [0.25, 0.3) is 22.5 Å². The first kappa shape index (κ1) is 22.8. The fourth-order valence-corrected chi connectivity index (χ4v) is 5.10. The molecule has 35 heavy (non-hydrogen) atoms. The van der Waals surface area contributed by atoms with Gasteiger partial charge in [0.1, 0.15) is 5.82 Å². The number of ketones is 1. The minimum atomic E-state index is -1.88. The van der Waals surface area contributed by atoms with E-state index in [9.17, 15) is 14.0 Å². The van der Waals surface area contributed by atoms with E-state index in [-0.39, 0.29) is 17.5 Å². The molecule has 0 radical (unpaired) electrons. The van der Waals surface area contributed by atoms with Crippen molar-refractivity contribution in [1.29, 1.82) is 0 Å². The molecular weight excluding hydrogens is 449 g/mol. The van der Waals surface area contributed by atoms with Crippen LogP contribution in [-0.2, 0) is 4.79 Å². The molecular formula is C26H26FN5O3. The lowest BCUT2D eigenvalue weighted by atomic mass is 9.77. The maximum Gasteiger partial charge on any atom is 0.338 e. The number of Topliss-reactive ketones (excluding diaryl/α,β-unsaturated/α-hetero) is 1. The Morgan fingerprint density at radius 3 is 2.51 bits per heavy atom. The molecule has 0 saturated heterocycles. The summed E-state index contributed by atoms with van der Waals surface area (Å²) in [5.74, 6) is -2.06. The zero-order valence-electron chi connectivity index (χ0n) is 19.3. The number of rotatable bonds is 6. The van der Waals surface area contributed by atoms with Crippen LogP contribution in [-0.4, -0.2) is 42.2 Å².